The summed E-state index contributed by atoms with van der Waals surface area (Å²) in [5.41, 5.74) is 1.79. The lowest BCUT2D eigenvalue weighted by Gasteiger charge is -2.10. The van der Waals surface area contributed by atoms with Crippen LogP contribution in [0.5, 0.6) is 0 Å². The van der Waals surface area contributed by atoms with Crippen molar-refractivity contribution in [2.24, 2.45) is 0 Å². The molecule has 0 radical (unpaired) electrons. The van der Waals surface area contributed by atoms with E-state index in [0.29, 0.717) is 38.2 Å². The van der Waals surface area contributed by atoms with Crippen LogP contribution in [0.15, 0.2) is 72.9 Å². The van der Waals surface area contributed by atoms with Crippen molar-refractivity contribution < 1.29 is 19.5 Å². The average Bonchev–Trinajstić information content (AvgIpc) is 2.80. The molecular formula is C25H16Cl2N2O4. The Morgan fingerprint density at radius 1 is 0.848 bits per heavy atom. The van der Waals surface area contributed by atoms with E-state index >= 15 is 0 Å². The van der Waals surface area contributed by atoms with Crippen LogP contribution in [0, 0.1) is 0 Å². The summed E-state index contributed by atoms with van der Waals surface area (Å²) in [5, 5.41) is 13.7. The molecule has 6 nitrogen and oxygen atoms in total. The van der Waals surface area contributed by atoms with Crippen LogP contribution in [-0.4, -0.2) is 27.8 Å². The lowest BCUT2D eigenvalue weighted by atomic mass is 9.98. The number of fused-ring (bicyclic) bond motifs is 1. The van der Waals surface area contributed by atoms with E-state index in [9.17, 15) is 14.4 Å². The Bertz CT molecular complexity index is 1420. The fourth-order valence-electron chi connectivity index (χ4n) is 3.45. The van der Waals surface area contributed by atoms with E-state index in [0.717, 1.165) is 0 Å². The molecule has 0 saturated heterocycles. The van der Waals surface area contributed by atoms with E-state index in [4.69, 9.17) is 28.3 Å². The molecule has 33 heavy (non-hydrogen) atoms. The number of carbonyl (C=O) groups is 3. The monoisotopic (exact) mass is 478 g/mol. The Kier molecular flexibility index (Phi) is 6.40. The summed E-state index contributed by atoms with van der Waals surface area (Å²) < 4.78 is 0. The number of aliphatic carboxylic acids is 1. The zero-order valence-electron chi connectivity index (χ0n) is 17.0. The van der Waals surface area contributed by atoms with Gasteiger partial charge in [0.15, 0.2) is 0 Å². The van der Waals surface area contributed by atoms with Crippen molar-refractivity contribution in [2.45, 2.75) is 6.42 Å². The van der Waals surface area contributed by atoms with Crippen LogP contribution >= 0.6 is 23.2 Å². The van der Waals surface area contributed by atoms with Crippen LogP contribution in [0.2, 0.25) is 10.0 Å². The van der Waals surface area contributed by atoms with Gasteiger partial charge < -0.3 is 10.4 Å². The third-order valence-electron chi connectivity index (χ3n) is 5.00. The number of pyridine rings is 1. The summed E-state index contributed by atoms with van der Waals surface area (Å²) in [6.45, 7) is 0. The van der Waals surface area contributed by atoms with Gasteiger partial charge in [-0.3, -0.25) is 19.4 Å². The molecule has 0 spiro atoms. The van der Waals surface area contributed by atoms with Crippen molar-refractivity contribution in [1.82, 2.24) is 4.98 Å². The number of hydrogen-bond donors (Lipinski definition) is 2. The van der Waals surface area contributed by atoms with Gasteiger partial charge in [0.05, 0.1) is 16.5 Å². The minimum absolute atomic E-state index is 0.196. The van der Waals surface area contributed by atoms with Gasteiger partial charge in [0, 0.05) is 28.4 Å². The second kappa shape index (κ2) is 9.40. The zero-order valence-corrected chi connectivity index (χ0v) is 18.5. The van der Waals surface area contributed by atoms with Crippen molar-refractivity contribution in [3.05, 3.63) is 105 Å². The molecule has 0 aliphatic heterocycles. The number of carbonyl (C=O) groups excluding carboxylic acids is 2. The summed E-state index contributed by atoms with van der Waals surface area (Å²) in [4.78, 5) is 41.3. The molecule has 0 saturated carbocycles. The smallest absolute Gasteiger partial charge is 0.307 e. The van der Waals surface area contributed by atoms with Gasteiger partial charge in [0.1, 0.15) is 5.69 Å². The van der Waals surface area contributed by atoms with Crippen LogP contribution in [0.4, 0.5) is 5.69 Å². The van der Waals surface area contributed by atoms with Gasteiger partial charge in [0.25, 0.3) is 5.91 Å². The second-order valence-electron chi connectivity index (χ2n) is 7.24. The molecule has 0 fully saturated rings. The molecule has 4 aromatic rings. The molecule has 0 aliphatic rings. The topological polar surface area (TPSA) is 96.4 Å². The summed E-state index contributed by atoms with van der Waals surface area (Å²) in [7, 11) is 0. The number of anilines is 1. The molecule has 1 heterocycles. The predicted molar refractivity (Wildman–Crippen MR) is 127 cm³/mol. The van der Waals surface area contributed by atoms with Crippen molar-refractivity contribution in [2.75, 3.05) is 5.32 Å². The fourth-order valence-corrected chi connectivity index (χ4v) is 3.75. The molecule has 3 aromatic carbocycles. The Morgan fingerprint density at radius 3 is 2.33 bits per heavy atom. The molecule has 8 heteroatoms. The van der Waals surface area contributed by atoms with Crippen LogP contribution in [0.3, 0.4) is 0 Å². The van der Waals surface area contributed by atoms with Crippen molar-refractivity contribution in [3.8, 4) is 0 Å². The maximum Gasteiger partial charge on any atom is 0.307 e. The van der Waals surface area contributed by atoms with Gasteiger partial charge in [0.2, 0.25) is 5.78 Å². The SMILES string of the molecule is O=C(O)Cc1cnc(C(=O)c2cccc(NC(=O)c3ccc(Cl)c(Cl)c3)c2)c2ccccc12. The number of amides is 1. The number of hydrogen-bond acceptors (Lipinski definition) is 4. The number of ketones is 1. The Labute approximate surface area is 198 Å². The first-order valence-corrected chi connectivity index (χ1v) is 10.6. The highest BCUT2D eigenvalue weighted by Gasteiger charge is 2.18. The molecular weight excluding hydrogens is 463 g/mol. The Balaban J connectivity index is 1.64. The van der Waals surface area contributed by atoms with Crippen LogP contribution < -0.4 is 5.32 Å². The summed E-state index contributed by atoms with van der Waals surface area (Å²) in [5.74, 6) is -1.73. The van der Waals surface area contributed by atoms with Gasteiger partial charge in [-0.15, -0.1) is 0 Å². The van der Waals surface area contributed by atoms with Gasteiger partial charge in [-0.05, 0) is 41.3 Å². The minimum Gasteiger partial charge on any atom is -0.481 e. The number of nitrogens with one attached hydrogen (secondary N) is 1. The zero-order chi connectivity index (χ0) is 23.5. The van der Waals surface area contributed by atoms with Crippen LogP contribution in [0.1, 0.15) is 32.0 Å². The molecule has 0 aliphatic carbocycles. The van der Waals surface area contributed by atoms with E-state index in [1.165, 1.54) is 18.3 Å². The van der Waals surface area contributed by atoms with Gasteiger partial charge in [-0.25, -0.2) is 0 Å². The third kappa shape index (κ3) is 4.87. The van der Waals surface area contributed by atoms with Gasteiger partial charge in [-0.2, -0.15) is 0 Å². The molecule has 0 atom stereocenters. The van der Waals surface area contributed by atoms with Crippen molar-refractivity contribution in [3.63, 3.8) is 0 Å². The summed E-state index contributed by atoms with van der Waals surface area (Å²) in [6.07, 6.45) is 1.22. The quantitative estimate of drug-likeness (QED) is 0.349. The van der Waals surface area contributed by atoms with Gasteiger partial charge >= 0.3 is 5.97 Å². The minimum atomic E-state index is -0.980. The van der Waals surface area contributed by atoms with E-state index in [-0.39, 0.29) is 22.9 Å². The molecule has 164 valence electrons. The largest absolute Gasteiger partial charge is 0.481 e. The highest BCUT2D eigenvalue weighted by Crippen LogP contribution is 2.25. The molecule has 2 N–H and O–H groups in total. The number of halogens is 2. The van der Waals surface area contributed by atoms with Crippen LogP contribution in [0.25, 0.3) is 10.8 Å². The lowest BCUT2D eigenvalue weighted by molar-refractivity contribution is -0.136. The molecule has 0 bridgehead atoms. The maximum atomic E-state index is 13.3. The Hall–Kier alpha value is -3.74. The summed E-state index contributed by atoms with van der Waals surface area (Å²) in [6, 6.07) is 18.1. The summed E-state index contributed by atoms with van der Waals surface area (Å²) >= 11 is 11.9. The maximum absolute atomic E-state index is 13.3. The first kappa shape index (κ1) is 22.5. The second-order valence-corrected chi connectivity index (χ2v) is 8.06. The van der Waals surface area contributed by atoms with E-state index in [2.05, 4.69) is 10.3 Å². The van der Waals surface area contributed by atoms with Crippen LogP contribution in [-0.2, 0) is 11.2 Å². The van der Waals surface area contributed by atoms with Crippen molar-refractivity contribution in [1.29, 1.82) is 0 Å². The number of benzene rings is 3. The standard InChI is InChI=1S/C25H16Cl2N2O4/c26-20-9-8-15(11-21(20)27)25(33)29-17-5-3-4-14(10-17)24(32)23-19-7-2-1-6-18(19)16(13-28-23)12-22(30)31/h1-11,13H,12H2,(H,29,33)(H,30,31). The first-order chi connectivity index (χ1) is 15.8. The van der Waals surface area contributed by atoms with Gasteiger partial charge in [-0.1, -0.05) is 59.6 Å². The predicted octanol–water partition coefficient (Wildman–Crippen LogP) is 5.65. The lowest BCUT2D eigenvalue weighted by Crippen LogP contribution is -2.13. The number of carboxylic acids is 1. The van der Waals surface area contributed by atoms with E-state index < -0.39 is 11.9 Å². The highest BCUT2D eigenvalue weighted by atomic mass is 35.5. The van der Waals surface area contributed by atoms with E-state index in [1.807, 2.05) is 0 Å². The highest BCUT2D eigenvalue weighted by molar-refractivity contribution is 6.42. The van der Waals surface area contributed by atoms with E-state index in [1.54, 1.807) is 54.6 Å². The number of rotatable bonds is 6. The molecule has 4 rings (SSSR count). The first-order valence-electron chi connectivity index (χ1n) is 9.83. The molecule has 1 amide bonds. The fraction of sp³-hybridized carbons (Fsp3) is 0.0400. The normalized spacial score (nSPS) is 10.7. The van der Waals surface area contributed by atoms with Crippen molar-refractivity contribution >= 4 is 57.3 Å². The number of carboxylic acid groups (broad SMARTS) is 1. The Morgan fingerprint density at radius 2 is 1.61 bits per heavy atom. The third-order valence-corrected chi connectivity index (χ3v) is 5.74. The molecule has 0 unspecified atom stereocenters. The number of nitrogens with zero attached hydrogens (tertiary/aromatic N) is 1. The molecule has 1 aromatic heterocycles. The number of aromatic nitrogens is 1. The average molecular weight is 479 g/mol.